The zero-order chi connectivity index (χ0) is 21.2. The molecule has 3 rings (SSSR count). The van der Waals surface area contributed by atoms with Crippen LogP contribution in [0.15, 0.2) is 41.4 Å². The quantitative estimate of drug-likeness (QED) is 0.273. The van der Waals surface area contributed by atoms with Crippen LogP contribution in [0.4, 0.5) is 11.4 Å². The maximum absolute atomic E-state index is 11.2. The molecule has 0 atom stereocenters. The summed E-state index contributed by atoms with van der Waals surface area (Å²) in [6.45, 7) is 10.8. The molecule has 0 N–H and O–H groups in total. The van der Waals surface area contributed by atoms with Crippen molar-refractivity contribution >= 4 is 36.8 Å². The molecule has 1 heterocycles. The summed E-state index contributed by atoms with van der Waals surface area (Å²) in [5.41, 5.74) is 2.59. The molecule has 0 radical (unpaired) electrons. The molecule has 1 aliphatic rings. The Morgan fingerprint density at radius 2 is 1.69 bits per heavy atom. The van der Waals surface area contributed by atoms with Crippen molar-refractivity contribution in [2.24, 2.45) is 4.99 Å². The van der Waals surface area contributed by atoms with Crippen LogP contribution in [0.1, 0.15) is 52.2 Å². The van der Waals surface area contributed by atoms with Gasteiger partial charge >= 0.3 is 177 Å². The van der Waals surface area contributed by atoms with Crippen LogP contribution in [-0.4, -0.2) is 30.3 Å². The third-order valence-electron chi connectivity index (χ3n) is 5.84. The van der Waals surface area contributed by atoms with Crippen LogP contribution in [0.3, 0.4) is 0 Å². The average molecular weight is 503 g/mol. The first-order chi connectivity index (χ1) is 13.7. The van der Waals surface area contributed by atoms with Gasteiger partial charge in [0, 0.05) is 0 Å². The molecule has 0 amide bonds. The number of benzene rings is 2. The third-order valence-corrected chi connectivity index (χ3v) is 15.4. The number of nitrogens with zero attached hydrogens (tertiary/aromatic N) is 2. The minimum absolute atomic E-state index is 0.0199. The van der Waals surface area contributed by atoms with Crippen LogP contribution in [0.5, 0.6) is 11.5 Å². The molecule has 2 aromatic rings. The predicted molar refractivity (Wildman–Crippen MR) is 118 cm³/mol. The molecule has 0 spiro atoms. The summed E-state index contributed by atoms with van der Waals surface area (Å²) in [4.78, 5) is 15.5. The Labute approximate surface area is 177 Å². The van der Waals surface area contributed by atoms with Gasteiger partial charge in [-0.1, -0.05) is 0 Å². The summed E-state index contributed by atoms with van der Waals surface area (Å²) >= 11 is -3.50. The van der Waals surface area contributed by atoms with Crippen LogP contribution < -0.4 is 6.15 Å². The fraction of sp³-hybridized carbons (Fsp3) is 0.409. The Hall–Kier alpha value is -2.09. The molecule has 0 aromatic heterocycles. The third kappa shape index (κ3) is 4.42. The number of hydrogen-bond donors (Lipinski definition) is 0. The van der Waals surface area contributed by atoms with Gasteiger partial charge in [0.05, 0.1) is 0 Å². The van der Waals surface area contributed by atoms with Crippen LogP contribution in [0, 0.1) is 10.1 Å². The number of nitro benzene ring substituents is 1. The predicted octanol–water partition coefficient (Wildman–Crippen LogP) is 6.29. The van der Waals surface area contributed by atoms with Gasteiger partial charge < -0.3 is 0 Å². The van der Waals surface area contributed by atoms with E-state index in [1.807, 2.05) is 6.07 Å². The molecule has 0 saturated carbocycles. The van der Waals surface area contributed by atoms with E-state index < -0.39 is 24.1 Å². The van der Waals surface area contributed by atoms with Gasteiger partial charge in [0.2, 0.25) is 0 Å². The molecule has 0 unspecified atom stereocenters. The molecule has 6 nitrogen and oxygen atoms in total. The average Bonchev–Trinajstić information content (AvgIpc) is 2.78. The summed E-state index contributed by atoms with van der Waals surface area (Å²) < 4.78 is 14.7. The van der Waals surface area contributed by atoms with E-state index in [9.17, 15) is 10.1 Å². The van der Waals surface area contributed by atoms with Gasteiger partial charge in [0.25, 0.3) is 0 Å². The molecule has 7 heteroatoms. The van der Waals surface area contributed by atoms with Crippen molar-refractivity contribution in [3.8, 4) is 11.5 Å². The first-order valence-electron chi connectivity index (χ1n) is 10.1. The number of nitro groups is 1. The van der Waals surface area contributed by atoms with Crippen molar-refractivity contribution in [1.29, 1.82) is 0 Å². The Morgan fingerprint density at radius 1 is 1.03 bits per heavy atom. The number of aliphatic imine (C=N–C) groups is 1. The van der Waals surface area contributed by atoms with E-state index in [1.54, 1.807) is 12.3 Å². The second kappa shape index (κ2) is 8.34. The van der Waals surface area contributed by atoms with Gasteiger partial charge in [-0.2, -0.15) is 0 Å². The summed E-state index contributed by atoms with van der Waals surface area (Å²) in [5, 5.41) is 11.2. The molecule has 0 fully saturated rings. The summed E-state index contributed by atoms with van der Waals surface area (Å²) in [7, 11) is 0. The molecule has 0 bridgehead atoms. The molecule has 29 heavy (non-hydrogen) atoms. The standard InChI is InChI=1S/C18H20N2O4.2C2H5.Sn/c1-4-18(2,3)13-5-7-17(22)15(10-13)19-11-12-9-14(20(23)24)6-8-16(12)21;2*1-2;/h5-11,21-22H,4H2,1-3H3;2*1H2,2H3;/q;;;+2/p-2. The monoisotopic (exact) mass is 504 g/mol. The van der Waals surface area contributed by atoms with E-state index in [-0.39, 0.29) is 11.1 Å². The SMILES string of the molecule is CCC(C)(C)c1ccc2c(c1)N=Cc1cc([N+](=O)[O-])ccc1[O][Sn]([CH2]C)([CH2]C)[O]2. The normalized spacial score (nSPS) is 15.1. The summed E-state index contributed by atoms with van der Waals surface area (Å²) in [6.07, 6.45) is 2.65. The number of non-ortho nitro benzene ring substituents is 1. The van der Waals surface area contributed by atoms with Crippen molar-refractivity contribution in [1.82, 2.24) is 0 Å². The zero-order valence-corrected chi connectivity index (χ0v) is 20.5. The second-order valence-electron chi connectivity index (χ2n) is 7.98. The van der Waals surface area contributed by atoms with Gasteiger partial charge in [0.15, 0.2) is 0 Å². The maximum atomic E-state index is 11.2. The van der Waals surface area contributed by atoms with Crippen molar-refractivity contribution in [3.05, 3.63) is 57.6 Å². The number of fused-ring (bicyclic) bond motifs is 2. The Kier molecular flexibility index (Phi) is 6.21. The molecule has 154 valence electrons. The fourth-order valence-corrected chi connectivity index (χ4v) is 9.78. The van der Waals surface area contributed by atoms with Gasteiger partial charge in [-0.25, -0.2) is 0 Å². The van der Waals surface area contributed by atoms with E-state index in [4.69, 9.17) is 6.15 Å². The van der Waals surface area contributed by atoms with E-state index in [0.29, 0.717) is 11.3 Å². The summed E-state index contributed by atoms with van der Waals surface area (Å²) in [5.74, 6) is 1.35. The summed E-state index contributed by atoms with van der Waals surface area (Å²) in [6, 6.07) is 10.8. The first-order valence-corrected chi connectivity index (χ1v) is 16.5. The fourth-order valence-electron chi connectivity index (χ4n) is 3.27. The van der Waals surface area contributed by atoms with E-state index in [0.717, 1.165) is 26.7 Å². The van der Waals surface area contributed by atoms with Gasteiger partial charge in [-0.15, -0.1) is 0 Å². The van der Waals surface area contributed by atoms with Gasteiger partial charge in [0.1, 0.15) is 0 Å². The zero-order valence-electron chi connectivity index (χ0n) is 17.7. The number of rotatable bonds is 5. The van der Waals surface area contributed by atoms with Crippen LogP contribution in [0.2, 0.25) is 8.87 Å². The van der Waals surface area contributed by atoms with Crippen molar-refractivity contribution in [2.75, 3.05) is 0 Å². The molecular formula is C22H28N2O4Sn. The molecule has 0 aliphatic carbocycles. The Bertz CT molecular complexity index is 952. The Balaban J connectivity index is 2.19. The molecule has 2 aromatic carbocycles. The van der Waals surface area contributed by atoms with Crippen LogP contribution >= 0.6 is 0 Å². The minimum atomic E-state index is -3.50. The second-order valence-corrected chi connectivity index (χ2v) is 18.4. The van der Waals surface area contributed by atoms with E-state index in [2.05, 4.69) is 51.7 Å². The first kappa shape index (κ1) is 21.6. The topological polar surface area (TPSA) is 74.0 Å². The van der Waals surface area contributed by atoms with Gasteiger partial charge in [-0.05, 0) is 0 Å². The van der Waals surface area contributed by atoms with Crippen molar-refractivity contribution in [3.63, 3.8) is 0 Å². The Morgan fingerprint density at radius 3 is 2.31 bits per heavy atom. The van der Waals surface area contributed by atoms with E-state index >= 15 is 0 Å². The molecular weight excluding hydrogens is 475 g/mol. The van der Waals surface area contributed by atoms with Crippen LogP contribution in [-0.2, 0) is 5.41 Å². The molecule has 1 aliphatic heterocycles. The number of hydrogen-bond acceptors (Lipinski definition) is 5. The van der Waals surface area contributed by atoms with Crippen molar-refractivity contribution < 1.29 is 11.1 Å². The van der Waals surface area contributed by atoms with Crippen LogP contribution in [0.25, 0.3) is 0 Å². The van der Waals surface area contributed by atoms with Gasteiger partial charge in [-0.3, -0.25) is 0 Å². The molecule has 0 saturated heterocycles. The van der Waals surface area contributed by atoms with Crippen molar-refractivity contribution in [2.45, 2.75) is 55.3 Å². The van der Waals surface area contributed by atoms with E-state index in [1.165, 1.54) is 17.7 Å².